The van der Waals surface area contributed by atoms with Gasteiger partial charge < -0.3 is 10.2 Å². The number of carbonyl (C=O) groups excluding carboxylic acids is 1. The van der Waals surface area contributed by atoms with E-state index in [4.69, 9.17) is 0 Å². The molecule has 1 aliphatic rings. The Kier molecular flexibility index (Phi) is 4.71. The second-order valence-electron chi connectivity index (χ2n) is 4.78. The SMILES string of the molecule is O=C(CNc1ccc(F)c(F)c1)N1CCCCCC1. The van der Waals surface area contributed by atoms with Crippen molar-refractivity contribution in [2.45, 2.75) is 25.7 Å². The zero-order valence-electron chi connectivity index (χ0n) is 10.8. The topological polar surface area (TPSA) is 32.3 Å². The van der Waals surface area contributed by atoms with Crippen LogP contribution in [0, 0.1) is 11.6 Å². The normalized spacial score (nSPS) is 16.0. The molecule has 1 heterocycles. The minimum Gasteiger partial charge on any atom is -0.376 e. The highest BCUT2D eigenvalue weighted by Crippen LogP contribution is 2.13. The molecule has 2 rings (SSSR count). The van der Waals surface area contributed by atoms with Crippen molar-refractivity contribution in [1.82, 2.24) is 4.90 Å². The van der Waals surface area contributed by atoms with Crippen LogP contribution in [-0.4, -0.2) is 30.4 Å². The average molecular weight is 268 g/mol. The number of hydrogen-bond acceptors (Lipinski definition) is 2. The van der Waals surface area contributed by atoms with Crippen LogP contribution in [0.5, 0.6) is 0 Å². The maximum absolute atomic E-state index is 13.0. The number of rotatable bonds is 3. The summed E-state index contributed by atoms with van der Waals surface area (Å²) in [6, 6.07) is 3.53. The van der Waals surface area contributed by atoms with Gasteiger partial charge in [-0.2, -0.15) is 0 Å². The van der Waals surface area contributed by atoms with E-state index in [0.29, 0.717) is 5.69 Å². The van der Waals surface area contributed by atoms with E-state index in [1.54, 1.807) is 0 Å². The largest absolute Gasteiger partial charge is 0.376 e. The zero-order valence-corrected chi connectivity index (χ0v) is 10.8. The van der Waals surface area contributed by atoms with Crippen LogP contribution in [-0.2, 0) is 4.79 Å². The zero-order chi connectivity index (χ0) is 13.7. The second kappa shape index (κ2) is 6.50. The highest BCUT2D eigenvalue weighted by Gasteiger charge is 2.15. The lowest BCUT2D eigenvalue weighted by molar-refractivity contribution is -0.129. The summed E-state index contributed by atoms with van der Waals surface area (Å²) in [4.78, 5) is 13.8. The molecule has 0 aromatic heterocycles. The predicted molar refractivity (Wildman–Crippen MR) is 69.9 cm³/mol. The molecule has 1 fully saturated rings. The molecule has 1 amide bonds. The lowest BCUT2D eigenvalue weighted by Gasteiger charge is -2.20. The fraction of sp³-hybridized carbons (Fsp3) is 0.500. The fourth-order valence-corrected chi connectivity index (χ4v) is 2.22. The first kappa shape index (κ1) is 13.8. The number of halogens is 2. The Bertz CT molecular complexity index is 443. The van der Waals surface area contributed by atoms with Crippen molar-refractivity contribution in [2.24, 2.45) is 0 Å². The monoisotopic (exact) mass is 268 g/mol. The third-order valence-electron chi connectivity index (χ3n) is 3.32. The standard InChI is InChI=1S/C14H18F2N2O/c15-12-6-5-11(9-13(12)16)17-10-14(19)18-7-3-1-2-4-8-18/h5-6,9,17H,1-4,7-8,10H2. The fourth-order valence-electron chi connectivity index (χ4n) is 2.22. The molecule has 0 spiro atoms. The molecule has 0 aliphatic carbocycles. The number of hydrogen-bond donors (Lipinski definition) is 1. The maximum Gasteiger partial charge on any atom is 0.241 e. The van der Waals surface area contributed by atoms with E-state index in [-0.39, 0.29) is 12.5 Å². The summed E-state index contributed by atoms with van der Waals surface area (Å²) in [6.07, 6.45) is 4.41. The van der Waals surface area contributed by atoms with Gasteiger partial charge in [0.05, 0.1) is 6.54 Å². The Labute approximate surface area is 111 Å². The van der Waals surface area contributed by atoms with Crippen molar-refractivity contribution in [3.63, 3.8) is 0 Å². The number of nitrogens with one attached hydrogen (secondary N) is 1. The average Bonchev–Trinajstić information content (AvgIpc) is 2.69. The molecular weight excluding hydrogens is 250 g/mol. The van der Waals surface area contributed by atoms with E-state index < -0.39 is 11.6 Å². The van der Waals surface area contributed by atoms with E-state index in [9.17, 15) is 13.6 Å². The van der Waals surface area contributed by atoms with Gasteiger partial charge in [0.2, 0.25) is 5.91 Å². The molecule has 104 valence electrons. The van der Waals surface area contributed by atoms with Crippen molar-refractivity contribution < 1.29 is 13.6 Å². The molecule has 1 aromatic rings. The van der Waals surface area contributed by atoms with Crippen LogP contribution in [0.1, 0.15) is 25.7 Å². The van der Waals surface area contributed by atoms with Gasteiger partial charge in [-0.05, 0) is 25.0 Å². The number of nitrogens with zero attached hydrogens (tertiary/aromatic N) is 1. The van der Waals surface area contributed by atoms with Gasteiger partial charge in [0.1, 0.15) is 0 Å². The predicted octanol–water partition coefficient (Wildman–Crippen LogP) is 2.78. The van der Waals surface area contributed by atoms with Crippen molar-refractivity contribution in [3.05, 3.63) is 29.8 Å². The highest BCUT2D eigenvalue weighted by atomic mass is 19.2. The number of benzene rings is 1. The number of likely N-dealkylation sites (tertiary alicyclic amines) is 1. The smallest absolute Gasteiger partial charge is 0.241 e. The van der Waals surface area contributed by atoms with E-state index in [2.05, 4.69) is 5.32 Å². The summed E-state index contributed by atoms with van der Waals surface area (Å²) in [5, 5.41) is 2.83. The van der Waals surface area contributed by atoms with Gasteiger partial charge in [-0.15, -0.1) is 0 Å². The van der Waals surface area contributed by atoms with Crippen LogP contribution in [0.15, 0.2) is 18.2 Å². The van der Waals surface area contributed by atoms with Gasteiger partial charge >= 0.3 is 0 Å². The molecule has 0 unspecified atom stereocenters. The van der Waals surface area contributed by atoms with Gasteiger partial charge in [-0.3, -0.25) is 4.79 Å². The Morgan fingerprint density at radius 3 is 2.42 bits per heavy atom. The van der Waals surface area contributed by atoms with E-state index >= 15 is 0 Å². The minimum absolute atomic E-state index is 0.00614. The van der Waals surface area contributed by atoms with Crippen LogP contribution in [0.3, 0.4) is 0 Å². The van der Waals surface area contributed by atoms with Gasteiger partial charge in [0.25, 0.3) is 0 Å². The summed E-state index contributed by atoms with van der Waals surface area (Å²) in [6.45, 7) is 1.70. The molecule has 0 atom stereocenters. The van der Waals surface area contributed by atoms with Crippen molar-refractivity contribution in [2.75, 3.05) is 25.0 Å². The molecule has 0 saturated carbocycles. The molecule has 1 aliphatic heterocycles. The second-order valence-corrected chi connectivity index (χ2v) is 4.78. The van der Waals surface area contributed by atoms with Gasteiger partial charge in [0, 0.05) is 24.8 Å². The first-order chi connectivity index (χ1) is 9.16. The molecule has 19 heavy (non-hydrogen) atoms. The van der Waals surface area contributed by atoms with Crippen LogP contribution in [0.25, 0.3) is 0 Å². The lowest BCUT2D eigenvalue weighted by atomic mass is 10.2. The van der Waals surface area contributed by atoms with Gasteiger partial charge in [-0.1, -0.05) is 12.8 Å². The Morgan fingerprint density at radius 1 is 1.11 bits per heavy atom. The van der Waals surface area contributed by atoms with Gasteiger partial charge in [-0.25, -0.2) is 8.78 Å². The molecule has 3 nitrogen and oxygen atoms in total. The lowest BCUT2D eigenvalue weighted by Crippen LogP contribution is -2.36. The number of carbonyl (C=O) groups is 1. The number of amides is 1. The molecule has 1 aromatic carbocycles. The van der Waals surface area contributed by atoms with Crippen molar-refractivity contribution >= 4 is 11.6 Å². The molecule has 1 saturated heterocycles. The van der Waals surface area contributed by atoms with E-state index in [0.717, 1.165) is 38.1 Å². The molecule has 0 radical (unpaired) electrons. The quantitative estimate of drug-likeness (QED) is 0.914. The van der Waals surface area contributed by atoms with Crippen molar-refractivity contribution in [3.8, 4) is 0 Å². The first-order valence-corrected chi connectivity index (χ1v) is 6.63. The molecule has 1 N–H and O–H groups in total. The summed E-state index contributed by atoms with van der Waals surface area (Å²) < 4.78 is 25.8. The third kappa shape index (κ3) is 3.91. The van der Waals surface area contributed by atoms with Crippen LogP contribution >= 0.6 is 0 Å². The number of anilines is 1. The van der Waals surface area contributed by atoms with Crippen LogP contribution < -0.4 is 5.32 Å². The molecular formula is C14H18F2N2O. The Morgan fingerprint density at radius 2 is 1.79 bits per heavy atom. The Balaban J connectivity index is 1.86. The van der Waals surface area contributed by atoms with Crippen LogP contribution in [0.2, 0.25) is 0 Å². The van der Waals surface area contributed by atoms with E-state index in [1.807, 2.05) is 4.90 Å². The molecule has 0 bridgehead atoms. The molecule has 5 heteroatoms. The maximum atomic E-state index is 13.0. The van der Waals surface area contributed by atoms with E-state index in [1.165, 1.54) is 18.9 Å². The van der Waals surface area contributed by atoms with Crippen molar-refractivity contribution in [1.29, 1.82) is 0 Å². The highest BCUT2D eigenvalue weighted by molar-refractivity contribution is 5.80. The van der Waals surface area contributed by atoms with Gasteiger partial charge in [0.15, 0.2) is 11.6 Å². The summed E-state index contributed by atoms with van der Waals surface area (Å²) >= 11 is 0. The minimum atomic E-state index is -0.910. The Hall–Kier alpha value is -1.65. The summed E-state index contributed by atoms with van der Waals surface area (Å²) in [5.74, 6) is -1.79. The summed E-state index contributed by atoms with van der Waals surface area (Å²) in [7, 11) is 0. The first-order valence-electron chi connectivity index (χ1n) is 6.63. The summed E-state index contributed by atoms with van der Waals surface area (Å²) in [5.41, 5.74) is 0.419. The third-order valence-corrected chi connectivity index (χ3v) is 3.32. The van der Waals surface area contributed by atoms with Crippen LogP contribution in [0.4, 0.5) is 14.5 Å².